The molecule has 0 radical (unpaired) electrons. The molecule has 1 aliphatic carbocycles. The summed E-state index contributed by atoms with van der Waals surface area (Å²) in [6.07, 6.45) is -2.60. The third kappa shape index (κ3) is 5.21. The molecule has 0 atom stereocenters. The Morgan fingerprint density at radius 3 is 2.71 bits per heavy atom. The van der Waals surface area contributed by atoms with Crippen LogP contribution in [0.5, 0.6) is 0 Å². The van der Waals surface area contributed by atoms with E-state index >= 15 is 0 Å². The first-order valence-corrected chi connectivity index (χ1v) is 6.89. The van der Waals surface area contributed by atoms with Crippen LogP contribution in [0.2, 0.25) is 0 Å². The van der Waals surface area contributed by atoms with Gasteiger partial charge in [0.25, 0.3) is 0 Å². The van der Waals surface area contributed by atoms with Crippen molar-refractivity contribution in [1.82, 2.24) is 30.8 Å². The van der Waals surface area contributed by atoms with Crippen LogP contribution in [0.25, 0.3) is 0 Å². The summed E-state index contributed by atoms with van der Waals surface area (Å²) in [6, 6.07) is -0.958. The number of thioether (sulfide) groups is 1. The van der Waals surface area contributed by atoms with Gasteiger partial charge in [-0.2, -0.15) is 13.2 Å². The van der Waals surface area contributed by atoms with Crippen molar-refractivity contribution in [2.24, 2.45) is 0 Å². The van der Waals surface area contributed by atoms with E-state index in [1.54, 1.807) is 10.00 Å². The highest BCUT2D eigenvalue weighted by molar-refractivity contribution is 7.99. The Balaban J connectivity index is 1.72. The fourth-order valence-corrected chi connectivity index (χ4v) is 2.09. The summed E-state index contributed by atoms with van der Waals surface area (Å²) >= 11 is 1.01. The minimum atomic E-state index is -4.53. The van der Waals surface area contributed by atoms with E-state index < -0.39 is 24.7 Å². The number of carbonyl (C=O) groups excluding carboxylic acids is 2. The van der Waals surface area contributed by atoms with E-state index in [0.717, 1.165) is 24.6 Å². The lowest BCUT2D eigenvalue weighted by molar-refractivity contribution is -0.124. The normalized spacial score (nSPS) is 14.8. The Morgan fingerprint density at radius 2 is 2.10 bits per heavy atom. The summed E-state index contributed by atoms with van der Waals surface area (Å²) in [5.74, 6) is -0.906. The molecule has 1 saturated carbocycles. The Kier molecular flexibility index (Phi) is 4.65. The molecule has 3 amide bonds. The SMILES string of the molecule is O=C(CSc1nnnn1C1CC1)NC(=O)NCC(F)(F)F. The largest absolute Gasteiger partial charge is 0.405 e. The van der Waals surface area contributed by atoms with E-state index in [4.69, 9.17) is 0 Å². The van der Waals surface area contributed by atoms with E-state index in [9.17, 15) is 22.8 Å². The molecule has 12 heteroatoms. The number of tetrazole rings is 1. The third-order valence-corrected chi connectivity index (χ3v) is 3.32. The Morgan fingerprint density at radius 1 is 1.38 bits per heavy atom. The highest BCUT2D eigenvalue weighted by atomic mass is 32.2. The number of imide groups is 1. The van der Waals surface area contributed by atoms with Crippen LogP contribution in [0.15, 0.2) is 5.16 Å². The molecule has 0 aliphatic heterocycles. The molecule has 1 fully saturated rings. The zero-order valence-corrected chi connectivity index (χ0v) is 11.4. The number of hydrogen-bond acceptors (Lipinski definition) is 6. The minimum Gasteiger partial charge on any atom is -0.329 e. The molecule has 2 N–H and O–H groups in total. The van der Waals surface area contributed by atoms with Gasteiger partial charge in [-0.05, 0) is 23.3 Å². The number of amides is 3. The molecule has 0 unspecified atom stereocenters. The fraction of sp³-hybridized carbons (Fsp3) is 0.667. The standard InChI is InChI=1S/C9H11F3N6O2S/c10-9(11,12)4-13-7(20)14-6(19)3-21-8-15-16-17-18(8)5-1-2-5/h5H,1-4H2,(H2,13,14,19,20). The van der Waals surface area contributed by atoms with Crippen LogP contribution in [0.1, 0.15) is 18.9 Å². The first-order valence-electron chi connectivity index (χ1n) is 5.90. The van der Waals surface area contributed by atoms with E-state index in [1.807, 2.05) is 0 Å². The topological polar surface area (TPSA) is 102 Å². The number of aromatic nitrogens is 4. The highest BCUT2D eigenvalue weighted by Gasteiger charge is 2.29. The van der Waals surface area contributed by atoms with Gasteiger partial charge in [0.1, 0.15) is 6.54 Å². The van der Waals surface area contributed by atoms with Gasteiger partial charge < -0.3 is 5.32 Å². The summed E-state index contributed by atoms with van der Waals surface area (Å²) < 4.78 is 37.2. The van der Waals surface area contributed by atoms with Gasteiger partial charge in [-0.1, -0.05) is 11.8 Å². The number of hydrogen-bond donors (Lipinski definition) is 2. The van der Waals surface area contributed by atoms with Crippen molar-refractivity contribution < 1.29 is 22.8 Å². The zero-order chi connectivity index (χ0) is 15.5. The Hall–Kier alpha value is -1.85. The molecule has 1 aromatic rings. The number of urea groups is 1. The maximum Gasteiger partial charge on any atom is 0.405 e. The maximum atomic E-state index is 11.9. The van der Waals surface area contributed by atoms with Crippen molar-refractivity contribution in [2.45, 2.75) is 30.2 Å². The molecule has 116 valence electrons. The molecule has 0 spiro atoms. The smallest absolute Gasteiger partial charge is 0.329 e. The van der Waals surface area contributed by atoms with Crippen molar-refractivity contribution in [3.63, 3.8) is 0 Å². The number of alkyl halides is 3. The molecule has 2 rings (SSSR count). The van der Waals surface area contributed by atoms with Crippen LogP contribution >= 0.6 is 11.8 Å². The second kappa shape index (κ2) is 6.28. The minimum absolute atomic E-state index is 0.174. The van der Waals surface area contributed by atoms with Crippen LogP contribution in [0, 0.1) is 0 Å². The van der Waals surface area contributed by atoms with Crippen LogP contribution in [-0.4, -0.2) is 50.6 Å². The highest BCUT2D eigenvalue weighted by Crippen LogP contribution is 2.36. The van der Waals surface area contributed by atoms with Crippen LogP contribution in [0.4, 0.5) is 18.0 Å². The number of carbonyl (C=O) groups is 2. The van der Waals surface area contributed by atoms with Crippen LogP contribution in [0.3, 0.4) is 0 Å². The van der Waals surface area contributed by atoms with Crippen molar-refractivity contribution in [2.75, 3.05) is 12.3 Å². The summed E-state index contributed by atoms with van der Waals surface area (Å²) in [6.45, 7) is -1.50. The maximum absolute atomic E-state index is 11.9. The molecule has 8 nitrogen and oxygen atoms in total. The molecule has 1 aromatic heterocycles. The lowest BCUT2D eigenvalue weighted by atomic mass is 10.6. The first kappa shape index (κ1) is 15.5. The number of rotatable bonds is 5. The monoisotopic (exact) mass is 324 g/mol. The van der Waals surface area contributed by atoms with E-state index in [1.165, 1.54) is 5.32 Å². The van der Waals surface area contributed by atoms with Crippen molar-refractivity contribution in [3.05, 3.63) is 0 Å². The Bertz CT molecular complexity index is 530. The molecule has 21 heavy (non-hydrogen) atoms. The number of halogens is 3. The van der Waals surface area contributed by atoms with Gasteiger partial charge in [-0.3, -0.25) is 10.1 Å². The summed E-state index contributed by atoms with van der Waals surface area (Å²) in [4.78, 5) is 22.5. The molecular weight excluding hydrogens is 313 g/mol. The second-order valence-electron chi connectivity index (χ2n) is 4.27. The summed E-state index contributed by atoms with van der Waals surface area (Å²) in [5, 5.41) is 14.8. The van der Waals surface area contributed by atoms with Gasteiger partial charge in [0, 0.05) is 0 Å². The van der Waals surface area contributed by atoms with Gasteiger partial charge in [0.15, 0.2) is 0 Å². The van der Waals surface area contributed by atoms with E-state index in [0.29, 0.717) is 5.16 Å². The Labute approximate surface area is 120 Å². The van der Waals surface area contributed by atoms with Gasteiger partial charge in [-0.25, -0.2) is 9.48 Å². The molecule has 0 saturated heterocycles. The van der Waals surface area contributed by atoms with E-state index in [2.05, 4.69) is 15.5 Å². The van der Waals surface area contributed by atoms with Gasteiger partial charge in [0.05, 0.1) is 11.8 Å². The second-order valence-corrected chi connectivity index (χ2v) is 5.21. The lowest BCUT2D eigenvalue weighted by Gasteiger charge is -2.08. The molecule has 1 heterocycles. The lowest BCUT2D eigenvalue weighted by Crippen LogP contribution is -2.43. The molecular formula is C9H11F3N6O2S. The first-order chi connectivity index (χ1) is 9.85. The summed E-state index contributed by atoms with van der Waals surface area (Å²) in [5.41, 5.74) is 0. The average Bonchev–Trinajstić information content (AvgIpc) is 3.12. The van der Waals surface area contributed by atoms with Crippen LogP contribution < -0.4 is 10.6 Å². The van der Waals surface area contributed by atoms with Crippen molar-refractivity contribution in [3.8, 4) is 0 Å². The fourth-order valence-electron chi connectivity index (χ4n) is 1.35. The number of nitrogens with zero attached hydrogens (tertiary/aromatic N) is 4. The predicted octanol–water partition coefficient (Wildman–Crippen LogP) is 0.488. The number of nitrogens with one attached hydrogen (secondary N) is 2. The summed E-state index contributed by atoms with van der Waals surface area (Å²) in [7, 11) is 0. The van der Waals surface area contributed by atoms with Crippen molar-refractivity contribution in [1.29, 1.82) is 0 Å². The van der Waals surface area contributed by atoms with Crippen LogP contribution in [-0.2, 0) is 4.79 Å². The zero-order valence-electron chi connectivity index (χ0n) is 10.6. The molecule has 0 aromatic carbocycles. The third-order valence-electron chi connectivity index (χ3n) is 2.39. The molecule has 0 bridgehead atoms. The van der Waals surface area contributed by atoms with Gasteiger partial charge in [0.2, 0.25) is 11.1 Å². The van der Waals surface area contributed by atoms with Gasteiger partial charge in [-0.15, -0.1) is 5.10 Å². The average molecular weight is 324 g/mol. The predicted molar refractivity (Wildman–Crippen MR) is 64.4 cm³/mol. The quantitative estimate of drug-likeness (QED) is 0.764. The molecule has 1 aliphatic rings. The van der Waals surface area contributed by atoms with Crippen molar-refractivity contribution >= 4 is 23.7 Å². The van der Waals surface area contributed by atoms with Gasteiger partial charge >= 0.3 is 12.2 Å². The van der Waals surface area contributed by atoms with E-state index in [-0.39, 0.29) is 11.8 Å².